The molecule has 0 aliphatic carbocycles. The Balaban J connectivity index is 2.20. The molecular formula is C15H21ClN2S. The van der Waals surface area contributed by atoms with E-state index in [9.17, 15) is 0 Å². The second-order valence-corrected chi connectivity index (χ2v) is 6.41. The minimum absolute atomic E-state index is 0.381. The van der Waals surface area contributed by atoms with Crippen LogP contribution in [0.1, 0.15) is 32.3 Å². The zero-order valence-corrected chi connectivity index (χ0v) is 13.1. The van der Waals surface area contributed by atoms with E-state index in [-0.39, 0.29) is 0 Å². The lowest BCUT2D eigenvalue weighted by atomic mass is 9.86. The molecule has 1 aliphatic rings. The summed E-state index contributed by atoms with van der Waals surface area (Å²) in [5, 5.41) is 0.649. The van der Waals surface area contributed by atoms with Crippen LogP contribution in [-0.4, -0.2) is 18.1 Å². The number of anilines is 1. The Morgan fingerprint density at radius 2 is 2.00 bits per heavy atom. The predicted molar refractivity (Wildman–Crippen MR) is 87.1 cm³/mol. The second kappa shape index (κ2) is 6.10. The summed E-state index contributed by atoms with van der Waals surface area (Å²) in [7, 11) is 0. The molecule has 0 radical (unpaired) electrons. The summed E-state index contributed by atoms with van der Waals surface area (Å²) in [5.74, 6) is 1.58. The van der Waals surface area contributed by atoms with Crippen LogP contribution in [0.25, 0.3) is 0 Å². The molecule has 104 valence electrons. The molecule has 2 nitrogen and oxygen atoms in total. The average molecular weight is 297 g/mol. The number of piperidine rings is 1. The highest BCUT2D eigenvalue weighted by Gasteiger charge is 2.24. The SMILES string of the molecule is CC(C)C1CCN(c2cccc(Cl)c2C(N)=S)CC1. The summed E-state index contributed by atoms with van der Waals surface area (Å²) in [6.07, 6.45) is 2.45. The van der Waals surface area contributed by atoms with Gasteiger partial charge in [0.15, 0.2) is 0 Å². The third-order valence-corrected chi connectivity index (χ3v) is 4.58. The van der Waals surface area contributed by atoms with Crippen molar-refractivity contribution in [2.75, 3.05) is 18.0 Å². The third-order valence-electron chi connectivity index (χ3n) is 4.06. The van der Waals surface area contributed by atoms with Gasteiger partial charge in [0.1, 0.15) is 4.99 Å². The van der Waals surface area contributed by atoms with Crippen molar-refractivity contribution in [3.05, 3.63) is 28.8 Å². The smallest absolute Gasteiger partial charge is 0.107 e. The van der Waals surface area contributed by atoms with Gasteiger partial charge >= 0.3 is 0 Å². The highest BCUT2D eigenvalue weighted by Crippen LogP contribution is 2.32. The van der Waals surface area contributed by atoms with Gasteiger partial charge in [0.05, 0.1) is 10.6 Å². The van der Waals surface area contributed by atoms with Crippen LogP contribution >= 0.6 is 23.8 Å². The maximum atomic E-state index is 6.23. The van der Waals surface area contributed by atoms with Crippen molar-refractivity contribution >= 4 is 34.5 Å². The molecule has 0 bridgehead atoms. The van der Waals surface area contributed by atoms with Gasteiger partial charge in [0, 0.05) is 18.8 Å². The van der Waals surface area contributed by atoms with E-state index < -0.39 is 0 Å². The molecule has 1 heterocycles. The van der Waals surface area contributed by atoms with Gasteiger partial charge in [-0.2, -0.15) is 0 Å². The van der Waals surface area contributed by atoms with Crippen LogP contribution in [-0.2, 0) is 0 Å². The summed E-state index contributed by atoms with van der Waals surface area (Å²) in [5.41, 5.74) is 7.72. The molecule has 0 atom stereocenters. The fourth-order valence-corrected chi connectivity index (χ4v) is 3.37. The van der Waals surface area contributed by atoms with Crippen LogP contribution in [0, 0.1) is 11.8 Å². The number of nitrogens with zero attached hydrogens (tertiary/aromatic N) is 1. The zero-order valence-electron chi connectivity index (χ0n) is 11.5. The Morgan fingerprint density at radius 3 is 2.53 bits per heavy atom. The van der Waals surface area contributed by atoms with Gasteiger partial charge < -0.3 is 10.6 Å². The number of rotatable bonds is 3. The van der Waals surface area contributed by atoms with E-state index >= 15 is 0 Å². The Labute approximate surface area is 125 Å². The van der Waals surface area contributed by atoms with Crippen molar-refractivity contribution < 1.29 is 0 Å². The van der Waals surface area contributed by atoms with Gasteiger partial charge in [-0.15, -0.1) is 0 Å². The van der Waals surface area contributed by atoms with Gasteiger partial charge in [0.25, 0.3) is 0 Å². The lowest BCUT2D eigenvalue weighted by Gasteiger charge is -2.36. The van der Waals surface area contributed by atoms with Crippen LogP contribution in [0.5, 0.6) is 0 Å². The summed E-state index contributed by atoms with van der Waals surface area (Å²) < 4.78 is 0. The van der Waals surface area contributed by atoms with Crippen molar-refractivity contribution in [2.45, 2.75) is 26.7 Å². The lowest BCUT2D eigenvalue weighted by Crippen LogP contribution is -2.36. The number of hydrogen-bond acceptors (Lipinski definition) is 2. The monoisotopic (exact) mass is 296 g/mol. The lowest BCUT2D eigenvalue weighted by molar-refractivity contribution is 0.311. The molecule has 19 heavy (non-hydrogen) atoms. The first-order chi connectivity index (χ1) is 9.00. The van der Waals surface area contributed by atoms with Gasteiger partial charge in [-0.3, -0.25) is 0 Å². The van der Waals surface area contributed by atoms with Crippen molar-refractivity contribution in [1.82, 2.24) is 0 Å². The van der Waals surface area contributed by atoms with Crippen molar-refractivity contribution in [3.8, 4) is 0 Å². The maximum absolute atomic E-state index is 6.23. The quantitative estimate of drug-likeness (QED) is 0.859. The minimum atomic E-state index is 0.381. The molecule has 1 saturated heterocycles. The van der Waals surface area contributed by atoms with Gasteiger partial charge in [-0.1, -0.05) is 43.7 Å². The van der Waals surface area contributed by atoms with Crippen LogP contribution in [0.3, 0.4) is 0 Å². The van der Waals surface area contributed by atoms with E-state index in [1.807, 2.05) is 12.1 Å². The summed E-state index contributed by atoms with van der Waals surface area (Å²) in [6.45, 7) is 6.72. The molecule has 0 amide bonds. The molecule has 0 spiro atoms. The first-order valence-electron chi connectivity index (χ1n) is 6.84. The third kappa shape index (κ3) is 3.21. The fourth-order valence-electron chi connectivity index (χ4n) is 2.83. The maximum Gasteiger partial charge on any atom is 0.107 e. The highest BCUT2D eigenvalue weighted by molar-refractivity contribution is 7.80. The molecule has 1 aliphatic heterocycles. The Bertz CT molecular complexity index is 465. The van der Waals surface area contributed by atoms with E-state index in [0.717, 1.165) is 36.2 Å². The molecule has 4 heteroatoms. The number of halogens is 1. The van der Waals surface area contributed by atoms with Crippen molar-refractivity contribution in [1.29, 1.82) is 0 Å². The van der Waals surface area contributed by atoms with Crippen molar-refractivity contribution in [2.24, 2.45) is 17.6 Å². The summed E-state index contributed by atoms with van der Waals surface area (Å²) in [4.78, 5) is 2.74. The van der Waals surface area contributed by atoms with Crippen molar-refractivity contribution in [3.63, 3.8) is 0 Å². The minimum Gasteiger partial charge on any atom is -0.389 e. The topological polar surface area (TPSA) is 29.3 Å². The Morgan fingerprint density at radius 1 is 1.37 bits per heavy atom. The molecular weight excluding hydrogens is 276 g/mol. The van der Waals surface area contributed by atoms with E-state index in [4.69, 9.17) is 29.6 Å². The molecule has 0 unspecified atom stereocenters. The molecule has 1 aromatic carbocycles. The standard InChI is InChI=1S/C15H21ClN2S/c1-10(2)11-6-8-18(9-7-11)13-5-3-4-12(16)14(13)15(17)19/h3-5,10-11H,6-9H2,1-2H3,(H2,17,19). The summed E-state index contributed by atoms with van der Waals surface area (Å²) >= 11 is 11.4. The first kappa shape index (κ1) is 14.6. The van der Waals surface area contributed by atoms with E-state index in [1.165, 1.54) is 12.8 Å². The average Bonchev–Trinajstić information content (AvgIpc) is 2.38. The van der Waals surface area contributed by atoms with Crippen LogP contribution < -0.4 is 10.6 Å². The van der Waals surface area contributed by atoms with Crippen LogP contribution in [0.2, 0.25) is 5.02 Å². The molecule has 1 aromatic rings. The number of thiocarbonyl (C=S) groups is 1. The summed E-state index contributed by atoms with van der Waals surface area (Å²) in [6, 6.07) is 5.88. The molecule has 0 aromatic heterocycles. The predicted octanol–water partition coefficient (Wildman–Crippen LogP) is 3.85. The Hall–Kier alpha value is -0.800. The fraction of sp³-hybridized carbons (Fsp3) is 0.533. The second-order valence-electron chi connectivity index (χ2n) is 5.57. The highest BCUT2D eigenvalue weighted by atomic mass is 35.5. The molecule has 2 N–H and O–H groups in total. The molecule has 0 saturated carbocycles. The number of nitrogens with two attached hydrogens (primary N) is 1. The molecule has 1 fully saturated rings. The van der Waals surface area contributed by atoms with Gasteiger partial charge in [0.2, 0.25) is 0 Å². The largest absolute Gasteiger partial charge is 0.389 e. The van der Waals surface area contributed by atoms with Gasteiger partial charge in [-0.25, -0.2) is 0 Å². The van der Waals surface area contributed by atoms with E-state index in [1.54, 1.807) is 0 Å². The van der Waals surface area contributed by atoms with Crippen LogP contribution in [0.15, 0.2) is 18.2 Å². The Kier molecular flexibility index (Phi) is 4.69. The van der Waals surface area contributed by atoms with E-state index in [2.05, 4.69) is 24.8 Å². The zero-order chi connectivity index (χ0) is 14.0. The first-order valence-corrected chi connectivity index (χ1v) is 7.62. The number of benzene rings is 1. The number of hydrogen-bond donors (Lipinski definition) is 1. The normalized spacial score (nSPS) is 16.9. The molecule has 2 rings (SSSR count). The van der Waals surface area contributed by atoms with Crippen LogP contribution in [0.4, 0.5) is 5.69 Å². The van der Waals surface area contributed by atoms with E-state index in [0.29, 0.717) is 10.0 Å². The van der Waals surface area contributed by atoms with Gasteiger partial charge in [-0.05, 0) is 36.8 Å².